The predicted octanol–water partition coefficient (Wildman–Crippen LogP) is 3.57. The van der Waals surface area contributed by atoms with Crippen LogP contribution in [0.1, 0.15) is 27.7 Å². The molecule has 0 aliphatic heterocycles. The molecular formula is C19H19NO4S. The van der Waals surface area contributed by atoms with E-state index in [4.69, 9.17) is 4.74 Å². The number of pyridine rings is 1. The van der Waals surface area contributed by atoms with Gasteiger partial charge in [-0.1, -0.05) is 37.3 Å². The number of carboxylic acid groups (broad SMARTS) is 1. The highest BCUT2D eigenvalue weighted by atomic mass is 32.1. The van der Waals surface area contributed by atoms with Gasteiger partial charge in [-0.3, -0.25) is 4.79 Å². The molecule has 1 N–H and O–H groups in total. The van der Waals surface area contributed by atoms with E-state index in [-0.39, 0.29) is 11.3 Å². The van der Waals surface area contributed by atoms with E-state index in [0.29, 0.717) is 23.2 Å². The fourth-order valence-corrected chi connectivity index (χ4v) is 4.05. The number of aromatic carboxylic acids is 1. The normalized spacial score (nSPS) is 11.0. The number of methoxy groups -OCH3 is 1. The van der Waals surface area contributed by atoms with Crippen molar-refractivity contribution in [1.29, 1.82) is 0 Å². The van der Waals surface area contributed by atoms with E-state index < -0.39 is 11.5 Å². The second-order valence-electron chi connectivity index (χ2n) is 5.69. The molecule has 0 radical (unpaired) electrons. The summed E-state index contributed by atoms with van der Waals surface area (Å²) in [6.07, 6.45) is 1.47. The molecule has 0 spiro atoms. The first kappa shape index (κ1) is 17.2. The monoisotopic (exact) mass is 357 g/mol. The number of rotatable bonds is 6. The highest BCUT2D eigenvalue weighted by molar-refractivity contribution is 7.19. The van der Waals surface area contributed by atoms with Gasteiger partial charge in [0.15, 0.2) is 5.75 Å². The lowest BCUT2D eigenvalue weighted by molar-refractivity contribution is 0.0695. The first-order valence-corrected chi connectivity index (χ1v) is 8.88. The van der Waals surface area contributed by atoms with Crippen molar-refractivity contribution in [2.75, 3.05) is 7.11 Å². The number of nitrogens with zero attached hydrogens (tertiary/aromatic N) is 1. The van der Waals surface area contributed by atoms with Gasteiger partial charge in [0.2, 0.25) is 0 Å². The molecule has 2 aromatic heterocycles. The fourth-order valence-electron chi connectivity index (χ4n) is 2.92. The Kier molecular flexibility index (Phi) is 4.90. The summed E-state index contributed by atoms with van der Waals surface area (Å²) in [6, 6.07) is 11.8. The van der Waals surface area contributed by atoms with Gasteiger partial charge in [0.25, 0.3) is 5.56 Å². The topological polar surface area (TPSA) is 68.5 Å². The number of ether oxygens (including phenoxy) is 1. The Morgan fingerprint density at radius 3 is 2.60 bits per heavy atom. The lowest BCUT2D eigenvalue weighted by atomic mass is 10.1. The maximum atomic E-state index is 12.8. The predicted molar refractivity (Wildman–Crippen MR) is 99.1 cm³/mol. The quantitative estimate of drug-likeness (QED) is 0.732. The van der Waals surface area contributed by atoms with Crippen LogP contribution >= 0.6 is 11.3 Å². The molecule has 0 saturated carbocycles. The highest BCUT2D eigenvalue weighted by Crippen LogP contribution is 2.32. The van der Waals surface area contributed by atoms with E-state index in [1.807, 2.05) is 43.3 Å². The molecule has 3 aromatic rings. The van der Waals surface area contributed by atoms with E-state index in [1.54, 1.807) is 4.57 Å². The number of aromatic nitrogens is 1. The lowest BCUT2D eigenvalue weighted by Gasteiger charge is -2.12. The number of carbonyl (C=O) groups is 1. The summed E-state index contributed by atoms with van der Waals surface area (Å²) in [7, 11) is 1.34. The van der Waals surface area contributed by atoms with Gasteiger partial charge in [0, 0.05) is 11.4 Å². The number of hydrogen-bond donors (Lipinski definition) is 1. The fraction of sp³-hybridized carbons (Fsp3) is 0.263. The molecule has 0 unspecified atom stereocenters. The van der Waals surface area contributed by atoms with Crippen LogP contribution in [-0.4, -0.2) is 22.8 Å². The van der Waals surface area contributed by atoms with Crippen molar-refractivity contribution < 1.29 is 14.6 Å². The molecule has 2 heterocycles. The Morgan fingerprint density at radius 1 is 1.28 bits per heavy atom. The maximum absolute atomic E-state index is 12.8. The summed E-state index contributed by atoms with van der Waals surface area (Å²) in [6.45, 7) is 2.48. The molecule has 0 saturated heterocycles. The zero-order valence-corrected chi connectivity index (χ0v) is 14.9. The summed E-state index contributed by atoms with van der Waals surface area (Å²) in [5.74, 6) is -1.24. The van der Waals surface area contributed by atoms with E-state index in [0.717, 1.165) is 16.9 Å². The molecule has 0 aliphatic carbocycles. The van der Waals surface area contributed by atoms with Crippen molar-refractivity contribution in [3.05, 3.63) is 62.8 Å². The minimum atomic E-state index is -1.14. The highest BCUT2D eigenvalue weighted by Gasteiger charge is 2.24. The van der Waals surface area contributed by atoms with E-state index in [1.165, 1.54) is 18.4 Å². The number of aryl methyl sites for hydroxylation is 3. The number of thiophene rings is 1. The van der Waals surface area contributed by atoms with Crippen molar-refractivity contribution >= 4 is 27.5 Å². The Balaban J connectivity index is 2.18. The van der Waals surface area contributed by atoms with Crippen molar-refractivity contribution in [3.8, 4) is 5.75 Å². The largest absolute Gasteiger partial charge is 0.490 e. The molecule has 0 atom stereocenters. The van der Waals surface area contributed by atoms with Crippen LogP contribution in [0.2, 0.25) is 0 Å². The van der Waals surface area contributed by atoms with Gasteiger partial charge in [0.1, 0.15) is 5.56 Å². The zero-order chi connectivity index (χ0) is 18.0. The van der Waals surface area contributed by atoms with E-state index >= 15 is 0 Å². The van der Waals surface area contributed by atoms with Crippen LogP contribution in [0.15, 0.2) is 41.2 Å². The van der Waals surface area contributed by atoms with Crippen LogP contribution in [-0.2, 0) is 19.4 Å². The smallest absolute Gasteiger partial charge is 0.341 e. The molecule has 0 aliphatic rings. The van der Waals surface area contributed by atoms with Gasteiger partial charge in [-0.05, 0) is 24.5 Å². The Bertz CT molecular complexity index is 972. The third kappa shape index (κ3) is 3.17. The number of fused-ring (bicyclic) bond motifs is 1. The molecule has 0 bridgehead atoms. The van der Waals surface area contributed by atoms with Gasteiger partial charge in [0.05, 0.1) is 17.3 Å². The Hall–Kier alpha value is -2.60. The minimum Gasteiger partial charge on any atom is -0.490 e. The molecule has 5 nitrogen and oxygen atoms in total. The van der Waals surface area contributed by atoms with Crippen molar-refractivity contribution in [3.63, 3.8) is 0 Å². The van der Waals surface area contributed by atoms with Crippen LogP contribution in [0, 0.1) is 0 Å². The third-order valence-corrected chi connectivity index (χ3v) is 5.47. The van der Waals surface area contributed by atoms with Crippen LogP contribution in [0.5, 0.6) is 5.75 Å². The third-order valence-electron chi connectivity index (χ3n) is 4.18. The molecule has 25 heavy (non-hydrogen) atoms. The average Bonchev–Trinajstić information content (AvgIpc) is 3.04. The summed E-state index contributed by atoms with van der Waals surface area (Å²) in [4.78, 5) is 25.6. The van der Waals surface area contributed by atoms with Gasteiger partial charge < -0.3 is 14.4 Å². The molecule has 1 aromatic carbocycles. The molecule has 0 fully saturated rings. The molecule has 130 valence electrons. The second kappa shape index (κ2) is 7.11. The van der Waals surface area contributed by atoms with Crippen LogP contribution in [0.25, 0.3) is 10.2 Å². The van der Waals surface area contributed by atoms with Crippen LogP contribution < -0.4 is 10.3 Å². The summed E-state index contributed by atoms with van der Waals surface area (Å²) in [5, 5.41) is 9.58. The minimum absolute atomic E-state index is 0.0387. The van der Waals surface area contributed by atoms with Crippen molar-refractivity contribution in [2.24, 2.45) is 0 Å². The average molecular weight is 357 g/mol. The standard InChI is InChI=1S/C19H19NO4S/c1-3-13-11-14-17(25-13)15(19(22)23)16(24-2)18(21)20(14)10-9-12-7-5-4-6-8-12/h4-8,11H,3,9-10H2,1-2H3,(H,22,23). The summed E-state index contributed by atoms with van der Waals surface area (Å²) < 4.78 is 7.39. The van der Waals surface area contributed by atoms with Crippen molar-refractivity contribution in [2.45, 2.75) is 26.3 Å². The molecular weight excluding hydrogens is 338 g/mol. The van der Waals surface area contributed by atoms with Crippen molar-refractivity contribution in [1.82, 2.24) is 4.57 Å². The van der Waals surface area contributed by atoms with Gasteiger partial charge in [-0.25, -0.2) is 4.79 Å². The molecule has 6 heteroatoms. The van der Waals surface area contributed by atoms with E-state index in [9.17, 15) is 14.7 Å². The summed E-state index contributed by atoms with van der Waals surface area (Å²) in [5.41, 5.74) is 1.35. The Morgan fingerprint density at radius 2 is 2.00 bits per heavy atom. The number of carboxylic acids is 1. The number of hydrogen-bond acceptors (Lipinski definition) is 4. The zero-order valence-electron chi connectivity index (χ0n) is 14.1. The van der Waals surface area contributed by atoms with E-state index in [2.05, 4.69) is 0 Å². The lowest BCUT2D eigenvalue weighted by Crippen LogP contribution is -2.25. The van der Waals surface area contributed by atoms with Gasteiger partial charge in [-0.2, -0.15) is 0 Å². The summed E-state index contributed by atoms with van der Waals surface area (Å²) >= 11 is 1.41. The molecule has 0 amide bonds. The second-order valence-corrected chi connectivity index (χ2v) is 6.82. The van der Waals surface area contributed by atoms with Gasteiger partial charge in [-0.15, -0.1) is 11.3 Å². The first-order chi connectivity index (χ1) is 12.1. The van der Waals surface area contributed by atoms with Gasteiger partial charge >= 0.3 is 5.97 Å². The van der Waals surface area contributed by atoms with Crippen LogP contribution in [0.3, 0.4) is 0 Å². The molecule has 3 rings (SSSR count). The Labute approximate surface area is 149 Å². The van der Waals surface area contributed by atoms with Crippen LogP contribution in [0.4, 0.5) is 0 Å². The first-order valence-electron chi connectivity index (χ1n) is 8.07. The SMILES string of the molecule is CCc1cc2c(s1)c(C(=O)O)c(OC)c(=O)n2CCc1ccccc1. The number of benzene rings is 1. The maximum Gasteiger partial charge on any atom is 0.341 e.